The van der Waals surface area contributed by atoms with Gasteiger partial charge in [-0.2, -0.15) is 0 Å². The van der Waals surface area contributed by atoms with Gasteiger partial charge in [0, 0.05) is 30.8 Å². The molecule has 0 aromatic heterocycles. The van der Waals surface area contributed by atoms with E-state index in [1.165, 1.54) is 18.2 Å². The van der Waals surface area contributed by atoms with Crippen LogP contribution in [-0.4, -0.2) is 49.9 Å². The van der Waals surface area contributed by atoms with Gasteiger partial charge >= 0.3 is 0 Å². The van der Waals surface area contributed by atoms with Gasteiger partial charge in [0.1, 0.15) is 7.85 Å². The first-order valence-electron chi connectivity index (χ1n) is 6.38. The monoisotopic (exact) mass is 274 g/mol. The number of carbonyl (C=O) groups is 1. The first kappa shape index (κ1) is 14.3. The highest BCUT2D eigenvalue weighted by Gasteiger charge is 2.16. The summed E-state index contributed by atoms with van der Waals surface area (Å²) in [7, 11) is 1.78. The van der Waals surface area contributed by atoms with Crippen molar-refractivity contribution in [2.75, 3.05) is 26.3 Å². The normalized spacial score (nSPS) is 15.5. The van der Waals surface area contributed by atoms with Crippen LogP contribution < -0.4 is 5.46 Å². The average molecular weight is 274 g/mol. The molecule has 0 N–H and O–H groups in total. The van der Waals surface area contributed by atoms with Gasteiger partial charge < -0.3 is 9.64 Å². The number of amides is 1. The van der Waals surface area contributed by atoms with Crippen LogP contribution in [0.5, 0.6) is 0 Å². The van der Waals surface area contributed by atoms with Crippen molar-refractivity contribution in [1.82, 2.24) is 4.90 Å². The first-order valence-corrected chi connectivity index (χ1v) is 6.38. The van der Waals surface area contributed by atoms with Crippen molar-refractivity contribution >= 4 is 31.0 Å². The van der Waals surface area contributed by atoms with Crippen LogP contribution in [0.25, 0.3) is 6.08 Å². The molecule has 1 aliphatic heterocycles. The molecule has 0 radical (unpaired) electrons. The van der Waals surface area contributed by atoms with Crippen LogP contribution in [-0.2, 0) is 9.53 Å². The van der Waals surface area contributed by atoms with Gasteiger partial charge in [-0.05, 0) is 6.08 Å². The predicted octanol–water partition coefficient (Wildman–Crippen LogP) is -0.275. The molecule has 104 valence electrons. The van der Waals surface area contributed by atoms with E-state index < -0.39 is 4.92 Å². The van der Waals surface area contributed by atoms with E-state index in [2.05, 4.69) is 0 Å². The van der Waals surface area contributed by atoms with Crippen molar-refractivity contribution in [3.8, 4) is 0 Å². The number of nitro benzene ring substituents is 1. The summed E-state index contributed by atoms with van der Waals surface area (Å²) < 4.78 is 5.18. The molecule has 1 saturated heterocycles. The summed E-state index contributed by atoms with van der Waals surface area (Å²) in [6, 6.07) is 4.85. The number of carbonyl (C=O) groups excluding carboxylic acids is 1. The van der Waals surface area contributed by atoms with Gasteiger partial charge in [0.15, 0.2) is 0 Å². The molecule has 1 fully saturated rings. The van der Waals surface area contributed by atoms with Gasteiger partial charge in [-0.15, -0.1) is 0 Å². The van der Waals surface area contributed by atoms with E-state index in [9.17, 15) is 14.9 Å². The van der Waals surface area contributed by atoms with Crippen LogP contribution in [0, 0.1) is 10.1 Å². The van der Waals surface area contributed by atoms with Gasteiger partial charge in [-0.1, -0.05) is 17.6 Å². The fourth-order valence-corrected chi connectivity index (χ4v) is 2.08. The smallest absolute Gasteiger partial charge is 0.276 e. The van der Waals surface area contributed by atoms with Gasteiger partial charge in [-0.3, -0.25) is 14.9 Å². The fraction of sp³-hybridized carbons (Fsp3) is 0.308. The Morgan fingerprint density at radius 1 is 1.40 bits per heavy atom. The summed E-state index contributed by atoms with van der Waals surface area (Å²) >= 11 is 0. The molecule has 1 heterocycles. The lowest BCUT2D eigenvalue weighted by molar-refractivity contribution is -0.385. The van der Waals surface area contributed by atoms with Crippen LogP contribution >= 0.6 is 0 Å². The largest absolute Gasteiger partial charge is 0.378 e. The van der Waals surface area contributed by atoms with Gasteiger partial charge in [0.2, 0.25) is 5.91 Å². The number of nitro groups is 1. The van der Waals surface area contributed by atoms with Gasteiger partial charge in [0.05, 0.1) is 18.1 Å². The molecule has 20 heavy (non-hydrogen) atoms. The van der Waals surface area contributed by atoms with E-state index in [4.69, 9.17) is 4.74 Å². The molecule has 6 nitrogen and oxygen atoms in total. The van der Waals surface area contributed by atoms with E-state index in [0.29, 0.717) is 31.9 Å². The molecule has 1 amide bonds. The molecule has 1 aromatic carbocycles. The SMILES string of the molecule is Bc1cccc([N+](=O)[O-])c1/C=C/C(=O)N1CCOCC1. The number of rotatable bonds is 3. The lowest BCUT2D eigenvalue weighted by Gasteiger charge is -2.25. The Balaban J connectivity index is 2.18. The molecule has 1 aliphatic rings. The van der Waals surface area contributed by atoms with E-state index in [0.717, 1.165) is 5.46 Å². The lowest BCUT2D eigenvalue weighted by atomic mass is 9.89. The third-order valence-electron chi connectivity index (χ3n) is 3.21. The Hall–Kier alpha value is -2.15. The Bertz CT molecular complexity index is 553. The maximum Gasteiger partial charge on any atom is 0.276 e. The van der Waals surface area contributed by atoms with Crippen molar-refractivity contribution in [2.45, 2.75) is 0 Å². The Labute approximate surface area is 117 Å². The molecular formula is C13H15BN2O4. The fourth-order valence-electron chi connectivity index (χ4n) is 2.08. The standard InChI is InChI=1S/C13H15BN2O4/c14-11-2-1-3-12(16(18)19)10(11)4-5-13(17)15-6-8-20-9-7-15/h1-5H,6-9,14H2/b5-4+. The highest BCUT2D eigenvalue weighted by atomic mass is 16.6. The second-order valence-corrected chi connectivity index (χ2v) is 4.54. The molecule has 0 bridgehead atoms. The summed E-state index contributed by atoms with van der Waals surface area (Å²) in [6.07, 6.45) is 2.91. The number of morpholine rings is 1. The molecule has 0 unspecified atom stereocenters. The zero-order chi connectivity index (χ0) is 14.5. The van der Waals surface area contributed by atoms with Crippen molar-refractivity contribution < 1.29 is 14.5 Å². The topological polar surface area (TPSA) is 72.7 Å². The number of benzene rings is 1. The second kappa shape index (κ2) is 6.34. The minimum atomic E-state index is -0.439. The highest BCUT2D eigenvalue weighted by molar-refractivity contribution is 6.34. The summed E-state index contributed by atoms with van der Waals surface area (Å²) in [5.41, 5.74) is 1.25. The summed E-state index contributed by atoms with van der Waals surface area (Å²) in [5.74, 6) is -0.147. The number of hydrogen-bond donors (Lipinski definition) is 0. The Morgan fingerprint density at radius 2 is 2.10 bits per heavy atom. The third kappa shape index (κ3) is 3.24. The summed E-state index contributed by atoms with van der Waals surface area (Å²) in [6.45, 7) is 2.17. The van der Waals surface area contributed by atoms with Crippen LogP contribution in [0.2, 0.25) is 0 Å². The Kier molecular flexibility index (Phi) is 4.52. The summed E-state index contributed by atoms with van der Waals surface area (Å²) in [4.78, 5) is 24.2. The minimum Gasteiger partial charge on any atom is -0.378 e. The predicted molar refractivity (Wildman–Crippen MR) is 77.7 cm³/mol. The molecule has 1 aromatic rings. The molecule has 7 heteroatoms. The second-order valence-electron chi connectivity index (χ2n) is 4.54. The van der Waals surface area contributed by atoms with E-state index in [1.807, 2.05) is 0 Å². The molecule has 0 spiro atoms. The zero-order valence-electron chi connectivity index (χ0n) is 11.2. The molecule has 0 aliphatic carbocycles. The molecule has 0 atom stereocenters. The number of hydrogen-bond acceptors (Lipinski definition) is 4. The lowest BCUT2D eigenvalue weighted by Crippen LogP contribution is -2.39. The summed E-state index contributed by atoms with van der Waals surface area (Å²) in [5, 5.41) is 11.0. The molecule has 0 saturated carbocycles. The van der Waals surface area contributed by atoms with Crippen LogP contribution in [0.15, 0.2) is 24.3 Å². The van der Waals surface area contributed by atoms with Gasteiger partial charge in [-0.25, -0.2) is 0 Å². The van der Waals surface area contributed by atoms with Crippen molar-refractivity contribution in [3.05, 3.63) is 40.0 Å². The zero-order valence-corrected chi connectivity index (χ0v) is 11.2. The van der Waals surface area contributed by atoms with Crippen molar-refractivity contribution in [3.63, 3.8) is 0 Å². The maximum atomic E-state index is 12.0. The third-order valence-corrected chi connectivity index (χ3v) is 3.21. The van der Waals surface area contributed by atoms with Crippen LogP contribution in [0.1, 0.15) is 5.56 Å². The van der Waals surface area contributed by atoms with E-state index >= 15 is 0 Å². The maximum absolute atomic E-state index is 12.0. The minimum absolute atomic E-state index is 0.0102. The number of nitrogens with zero attached hydrogens (tertiary/aromatic N) is 2. The van der Waals surface area contributed by atoms with Gasteiger partial charge in [0.25, 0.3) is 5.69 Å². The van der Waals surface area contributed by atoms with Crippen LogP contribution in [0.3, 0.4) is 0 Å². The van der Waals surface area contributed by atoms with Crippen LogP contribution in [0.4, 0.5) is 5.69 Å². The van der Waals surface area contributed by atoms with E-state index in [-0.39, 0.29) is 11.6 Å². The first-order chi connectivity index (χ1) is 9.59. The molecular weight excluding hydrogens is 259 g/mol. The quantitative estimate of drug-likeness (QED) is 0.329. The van der Waals surface area contributed by atoms with Crippen molar-refractivity contribution in [2.24, 2.45) is 0 Å². The average Bonchev–Trinajstić information content (AvgIpc) is 2.46. The Morgan fingerprint density at radius 3 is 2.75 bits per heavy atom. The van der Waals surface area contributed by atoms with Crippen molar-refractivity contribution in [1.29, 1.82) is 0 Å². The number of ether oxygens (including phenoxy) is 1. The highest BCUT2D eigenvalue weighted by Crippen LogP contribution is 2.17. The molecule has 2 rings (SSSR count). The van der Waals surface area contributed by atoms with E-state index in [1.54, 1.807) is 24.9 Å².